The van der Waals surface area contributed by atoms with Gasteiger partial charge in [0, 0.05) is 5.56 Å². The van der Waals surface area contributed by atoms with Crippen molar-refractivity contribution in [1.29, 1.82) is 0 Å². The zero-order valence-electron chi connectivity index (χ0n) is 10.3. The molecule has 18 heavy (non-hydrogen) atoms. The van der Waals surface area contributed by atoms with Gasteiger partial charge in [-0.3, -0.25) is 0 Å². The molecule has 0 unspecified atom stereocenters. The quantitative estimate of drug-likeness (QED) is 0.892. The molecule has 0 aliphatic carbocycles. The molecule has 5 nitrogen and oxygen atoms in total. The van der Waals surface area contributed by atoms with E-state index in [1.807, 2.05) is 31.2 Å². The predicted octanol–water partition coefficient (Wildman–Crippen LogP) is 2.16. The summed E-state index contributed by atoms with van der Waals surface area (Å²) in [7, 11) is 1.62. The minimum absolute atomic E-state index is 0.189. The Morgan fingerprint density at radius 2 is 1.83 bits per heavy atom. The third-order valence-corrected chi connectivity index (χ3v) is 2.38. The van der Waals surface area contributed by atoms with E-state index in [0.29, 0.717) is 11.6 Å². The number of allylic oxidation sites excluding steroid dienone is 1. The Kier molecular flexibility index (Phi) is 3.23. The van der Waals surface area contributed by atoms with Crippen molar-refractivity contribution in [2.45, 2.75) is 6.92 Å². The zero-order chi connectivity index (χ0) is 13.1. The highest BCUT2D eigenvalue weighted by atomic mass is 16.5. The molecule has 5 heteroatoms. The SMILES string of the molecule is C=C(C)c1nc(N)nc(-c2ccc(OC)cc2)n1. The van der Waals surface area contributed by atoms with Crippen LogP contribution in [0.2, 0.25) is 0 Å². The number of ether oxygens (including phenoxy) is 1. The fourth-order valence-electron chi connectivity index (χ4n) is 1.45. The van der Waals surface area contributed by atoms with Crippen LogP contribution in [0.15, 0.2) is 30.8 Å². The molecule has 0 spiro atoms. The van der Waals surface area contributed by atoms with Crippen molar-refractivity contribution in [3.8, 4) is 17.1 Å². The van der Waals surface area contributed by atoms with Crippen LogP contribution in [0, 0.1) is 0 Å². The molecular formula is C13H14N4O. The van der Waals surface area contributed by atoms with Crippen molar-refractivity contribution in [3.05, 3.63) is 36.7 Å². The molecule has 92 valence electrons. The fraction of sp³-hybridized carbons (Fsp3) is 0.154. The molecule has 2 N–H and O–H groups in total. The van der Waals surface area contributed by atoms with E-state index in [4.69, 9.17) is 10.5 Å². The van der Waals surface area contributed by atoms with Gasteiger partial charge in [-0.05, 0) is 36.8 Å². The fourth-order valence-corrected chi connectivity index (χ4v) is 1.45. The number of hydrogen-bond donors (Lipinski definition) is 1. The number of anilines is 1. The number of nitrogens with two attached hydrogens (primary N) is 1. The molecule has 1 heterocycles. The predicted molar refractivity (Wildman–Crippen MR) is 70.9 cm³/mol. The monoisotopic (exact) mass is 242 g/mol. The Labute approximate surface area is 105 Å². The maximum absolute atomic E-state index is 5.66. The van der Waals surface area contributed by atoms with Crippen molar-refractivity contribution in [2.75, 3.05) is 12.8 Å². The third kappa shape index (κ3) is 2.45. The van der Waals surface area contributed by atoms with Crippen molar-refractivity contribution in [2.24, 2.45) is 0 Å². The summed E-state index contributed by atoms with van der Waals surface area (Å²) in [6.45, 7) is 5.63. The summed E-state index contributed by atoms with van der Waals surface area (Å²) >= 11 is 0. The lowest BCUT2D eigenvalue weighted by Crippen LogP contribution is -2.03. The summed E-state index contributed by atoms with van der Waals surface area (Å²) in [5.74, 6) is 2.01. The molecule has 0 aliphatic rings. The van der Waals surface area contributed by atoms with Gasteiger partial charge in [0.1, 0.15) is 5.75 Å². The van der Waals surface area contributed by atoms with Crippen LogP contribution >= 0.6 is 0 Å². The number of benzene rings is 1. The van der Waals surface area contributed by atoms with E-state index in [1.54, 1.807) is 7.11 Å². The molecule has 0 saturated heterocycles. The molecule has 0 bridgehead atoms. The molecule has 0 fully saturated rings. The minimum atomic E-state index is 0.189. The average Bonchev–Trinajstić information content (AvgIpc) is 2.38. The summed E-state index contributed by atoms with van der Waals surface area (Å²) in [5, 5.41) is 0. The molecular weight excluding hydrogens is 228 g/mol. The molecule has 2 aromatic rings. The smallest absolute Gasteiger partial charge is 0.224 e. The lowest BCUT2D eigenvalue weighted by Gasteiger charge is -2.05. The van der Waals surface area contributed by atoms with Gasteiger partial charge in [-0.1, -0.05) is 6.58 Å². The first-order chi connectivity index (χ1) is 8.60. The van der Waals surface area contributed by atoms with E-state index in [2.05, 4.69) is 21.5 Å². The second-order valence-electron chi connectivity index (χ2n) is 3.85. The first-order valence-electron chi connectivity index (χ1n) is 5.42. The first kappa shape index (κ1) is 12.0. The highest BCUT2D eigenvalue weighted by molar-refractivity contribution is 5.61. The lowest BCUT2D eigenvalue weighted by atomic mass is 10.2. The van der Waals surface area contributed by atoms with E-state index in [-0.39, 0.29) is 5.95 Å². The summed E-state index contributed by atoms with van der Waals surface area (Å²) in [6.07, 6.45) is 0. The van der Waals surface area contributed by atoms with E-state index in [1.165, 1.54) is 0 Å². The van der Waals surface area contributed by atoms with Gasteiger partial charge in [-0.15, -0.1) is 0 Å². The molecule has 0 aliphatic heterocycles. The minimum Gasteiger partial charge on any atom is -0.497 e. The zero-order valence-corrected chi connectivity index (χ0v) is 10.3. The Hall–Kier alpha value is -2.43. The summed E-state index contributed by atoms with van der Waals surface area (Å²) in [6, 6.07) is 7.43. The van der Waals surface area contributed by atoms with Crippen LogP contribution in [0.5, 0.6) is 5.75 Å². The normalized spacial score (nSPS) is 10.1. The van der Waals surface area contributed by atoms with Gasteiger partial charge >= 0.3 is 0 Å². The van der Waals surface area contributed by atoms with E-state index in [9.17, 15) is 0 Å². The first-order valence-corrected chi connectivity index (χ1v) is 5.42. The maximum Gasteiger partial charge on any atom is 0.224 e. The van der Waals surface area contributed by atoms with Crippen molar-refractivity contribution < 1.29 is 4.74 Å². The average molecular weight is 242 g/mol. The van der Waals surface area contributed by atoms with Crippen LogP contribution in [0.3, 0.4) is 0 Å². The standard InChI is InChI=1S/C13H14N4O/c1-8(2)11-15-12(17-13(14)16-11)9-4-6-10(18-3)7-5-9/h4-7H,1H2,2-3H3,(H2,14,15,16,17). The van der Waals surface area contributed by atoms with Crippen LogP contribution in [0.25, 0.3) is 17.0 Å². The van der Waals surface area contributed by atoms with E-state index < -0.39 is 0 Å². The number of methoxy groups -OCH3 is 1. The van der Waals surface area contributed by atoms with Crippen molar-refractivity contribution in [3.63, 3.8) is 0 Å². The number of aromatic nitrogens is 3. The summed E-state index contributed by atoms with van der Waals surface area (Å²) < 4.78 is 5.10. The summed E-state index contributed by atoms with van der Waals surface area (Å²) in [5.41, 5.74) is 7.27. The van der Waals surface area contributed by atoms with Crippen molar-refractivity contribution in [1.82, 2.24) is 15.0 Å². The van der Waals surface area contributed by atoms with Crippen LogP contribution in [-0.2, 0) is 0 Å². The topological polar surface area (TPSA) is 73.9 Å². The molecule has 0 atom stereocenters. The second kappa shape index (κ2) is 4.83. The Morgan fingerprint density at radius 3 is 2.39 bits per heavy atom. The summed E-state index contributed by atoms with van der Waals surface area (Å²) in [4.78, 5) is 12.5. The third-order valence-electron chi connectivity index (χ3n) is 2.38. The number of rotatable bonds is 3. The van der Waals surface area contributed by atoms with Gasteiger partial charge in [0.2, 0.25) is 5.95 Å². The Balaban J connectivity index is 2.46. The molecule has 0 radical (unpaired) electrons. The van der Waals surface area contributed by atoms with Crippen LogP contribution in [-0.4, -0.2) is 22.1 Å². The number of nitrogen functional groups attached to an aromatic ring is 1. The number of nitrogens with zero attached hydrogens (tertiary/aromatic N) is 3. The van der Waals surface area contributed by atoms with E-state index in [0.717, 1.165) is 16.9 Å². The number of hydrogen-bond acceptors (Lipinski definition) is 5. The highest BCUT2D eigenvalue weighted by Crippen LogP contribution is 2.20. The van der Waals surface area contributed by atoms with E-state index >= 15 is 0 Å². The van der Waals surface area contributed by atoms with Crippen LogP contribution < -0.4 is 10.5 Å². The van der Waals surface area contributed by atoms with Crippen LogP contribution in [0.1, 0.15) is 12.7 Å². The largest absolute Gasteiger partial charge is 0.497 e. The molecule has 1 aromatic heterocycles. The van der Waals surface area contributed by atoms with Crippen LogP contribution in [0.4, 0.5) is 5.95 Å². The molecule has 2 rings (SSSR count). The van der Waals surface area contributed by atoms with Gasteiger partial charge in [0.05, 0.1) is 7.11 Å². The van der Waals surface area contributed by atoms with Gasteiger partial charge in [-0.2, -0.15) is 9.97 Å². The van der Waals surface area contributed by atoms with Gasteiger partial charge in [0.15, 0.2) is 11.6 Å². The van der Waals surface area contributed by atoms with Crippen molar-refractivity contribution >= 4 is 11.5 Å². The molecule has 1 aromatic carbocycles. The Morgan fingerprint density at radius 1 is 1.17 bits per heavy atom. The highest BCUT2D eigenvalue weighted by Gasteiger charge is 2.07. The van der Waals surface area contributed by atoms with Gasteiger partial charge in [-0.25, -0.2) is 4.98 Å². The van der Waals surface area contributed by atoms with Gasteiger partial charge in [0.25, 0.3) is 0 Å². The second-order valence-corrected chi connectivity index (χ2v) is 3.85. The maximum atomic E-state index is 5.66. The molecule has 0 saturated carbocycles. The molecule has 0 amide bonds. The Bertz CT molecular complexity index is 578. The lowest BCUT2D eigenvalue weighted by molar-refractivity contribution is 0.415. The van der Waals surface area contributed by atoms with Gasteiger partial charge < -0.3 is 10.5 Å².